The zero-order valence-electron chi connectivity index (χ0n) is 12.1. The third kappa shape index (κ3) is 2.23. The summed E-state index contributed by atoms with van der Waals surface area (Å²) >= 11 is 0. The van der Waals surface area contributed by atoms with Crippen LogP contribution in [0.2, 0.25) is 0 Å². The van der Waals surface area contributed by atoms with Crippen LogP contribution in [-0.2, 0) is 4.79 Å². The number of carbonyl (C=O) groups is 2. The molecule has 4 rings (SSSR count). The number of hydrogen-bond acceptors (Lipinski definition) is 4. The van der Waals surface area contributed by atoms with E-state index in [1.54, 1.807) is 0 Å². The quantitative estimate of drug-likeness (QED) is 0.874. The normalized spacial score (nSPS) is 28.4. The third-order valence-corrected chi connectivity index (χ3v) is 4.51. The predicted molar refractivity (Wildman–Crippen MR) is 76.6 cm³/mol. The average Bonchev–Trinajstić information content (AvgIpc) is 3.14. The second-order valence-electron chi connectivity index (χ2n) is 6.02. The molecule has 118 valence electrons. The van der Waals surface area contributed by atoms with Crippen molar-refractivity contribution in [1.29, 1.82) is 0 Å². The lowest BCUT2D eigenvalue weighted by atomic mass is 10.0. The fourth-order valence-electron chi connectivity index (χ4n) is 3.16. The van der Waals surface area contributed by atoms with E-state index in [0.29, 0.717) is 6.42 Å². The van der Waals surface area contributed by atoms with Gasteiger partial charge in [-0.3, -0.25) is 9.59 Å². The van der Waals surface area contributed by atoms with Crippen molar-refractivity contribution in [3.63, 3.8) is 0 Å². The molecule has 0 radical (unpaired) electrons. The van der Waals surface area contributed by atoms with Crippen molar-refractivity contribution in [3.05, 3.63) is 47.5 Å². The second-order valence-corrected chi connectivity index (χ2v) is 6.02. The number of aromatic nitrogens is 3. The summed E-state index contributed by atoms with van der Waals surface area (Å²) in [7, 11) is 0. The molecule has 4 atom stereocenters. The number of carboxylic acid groups (broad SMARTS) is 1. The zero-order valence-corrected chi connectivity index (χ0v) is 12.1. The van der Waals surface area contributed by atoms with Crippen LogP contribution in [-0.4, -0.2) is 31.6 Å². The molecule has 2 heterocycles. The molecule has 7 heteroatoms. The van der Waals surface area contributed by atoms with Crippen molar-refractivity contribution in [2.75, 3.05) is 0 Å². The van der Waals surface area contributed by atoms with Gasteiger partial charge in [-0.2, -0.15) is 0 Å². The standard InChI is InChI=1S/C16H14FN3O3/c17-11-7-12(8-4-2-1-3-5-8)20-15(11)18-14(19-20)13(21)9-6-10(9)16(22)23/h1-5,9-12H,6-7H2,(H,22,23)/t9?,10?,11-,12-/m0/s1. The van der Waals surface area contributed by atoms with E-state index in [9.17, 15) is 14.0 Å². The molecule has 1 saturated carbocycles. The number of hydrogen-bond donors (Lipinski definition) is 1. The zero-order chi connectivity index (χ0) is 16.1. The van der Waals surface area contributed by atoms with Crippen molar-refractivity contribution in [3.8, 4) is 0 Å². The molecule has 1 aliphatic heterocycles. The van der Waals surface area contributed by atoms with Gasteiger partial charge in [0.2, 0.25) is 11.6 Å². The highest BCUT2D eigenvalue weighted by atomic mass is 19.1. The highest BCUT2D eigenvalue weighted by molar-refractivity contribution is 6.00. The van der Waals surface area contributed by atoms with Gasteiger partial charge in [0.1, 0.15) is 0 Å². The first-order valence-corrected chi connectivity index (χ1v) is 7.48. The Bertz CT molecular complexity index is 789. The Kier molecular flexibility index (Phi) is 3.04. The van der Waals surface area contributed by atoms with E-state index in [0.717, 1.165) is 5.56 Å². The number of carboxylic acids is 1. The SMILES string of the molecule is O=C(O)C1CC1C(=O)c1nc2n(n1)[C@H](c1ccccc1)C[C@@H]2F. The minimum Gasteiger partial charge on any atom is -0.481 e. The van der Waals surface area contributed by atoms with Crippen LogP contribution in [0.3, 0.4) is 0 Å². The second kappa shape index (κ2) is 4.97. The number of fused-ring (bicyclic) bond motifs is 1. The molecule has 2 aliphatic rings. The summed E-state index contributed by atoms with van der Waals surface area (Å²) in [6.45, 7) is 0. The van der Waals surface area contributed by atoms with Gasteiger partial charge in [-0.15, -0.1) is 5.10 Å². The monoisotopic (exact) mass is 315 g/mol. The summed E-state index contributed by atoms with van der Waals surface area (Å²) < 4.78 is 15.7. The number of benzene rings is 1. The van der Waals surface area contributed by atoms with Crippen molar-refractivity contribution < 1.29 is 19.1 Å². The lowest BCUT2D eigenvalue weighted by molar-refractivity contribution is -0.138. The molecule has 6 nitrogen and oxygen atoms in total. The summed E-state index contributed by atoms with van der Waals surface area (Å²) in [5.41, 5.74) is 0.910. The van der Waals surface area contributed by atoms with Gasteiger partial charge < -0.3 is 5.11 Å². The highest BCUT2D eigenvalue weighted by Crippen LogP contribution is 2.43. The van der Waals surface area contributed by atoms with E-state index in [1.165, 1.54) is 4.68 Å². The molecular formula is C16H14FN3O3. The van der Waals surface area contributed by atoms with Crippen LogP contribution in [0.25, 0.3) is 0 Å². The molecule has 2 aromatic rings. The topological polar surface area (TPSA) is 85.1 Å². The number of halogens is 1. The average molecular weight is 315 g/mol. The highest BCUT2D eigenvalue weighted by Gasteiger charge is 2.50. The molecule has 0 bridgehead atoms. The summed E-state index contributed by atoms with van der Waals surface area (Å²) in [6, 6.07) is 9.09. The molecule has 1 aliphatic carbocycles. The number of carbonyl (C=O) groups excluding carboxylic acids is 1. The molecule has 0 spiro atoms. The maximum Gasteiger partial charge on any atom is 0.307 e. The molecule has 0 saturated heterocycles. The molecule has 1 N–H and O–H groups in total. The van der Waals surface area contributed by atoms with Crippen molar-refractivity contribution in [2.24, 2.45) is 11.8 Å². The van der Waals surface area contributed by atoms with Crippen LogP contribution in [0.4, 0.5) is 4.39 Å². The Balaban J connectivity index is 1.63. The number of alkyl halides is 1. The smallest absolute Gasteiger partial charge is 0.307 e. The van der Waals surface area contributed by atoms with E-state index in [4.69, 9.17) is 5.11 Å². The van der Waals surface area contributed by atoms with E-state index in [2.05, 4.69) is 10.1 Å². The van der Waals surface area contributed by atoms with Gasteiger partial charge in [0.25, 0.3) is 0 Å². The number of Topliss-reactive ketones (excluding diaryl/α,β-unsaturated/α-hetero) is 1. The Morgan fingerprint density at radius 3 is 2.57 bits per heavy atom. The van der Waals surface area contributed by atoms with E-state index in [-0.39, 0.29) is 24.1 Å². The summed E-state index contributed by atoms with van der Waals surface area (Å²) in [6.07, 6.45) is -0.725. The van der Waals surface area contributed by atoms with Gasteiger partial charge in [0.05, 0.1) is 12.0 Å². The van der Waals surface area contributed by atoms with Crippen LogP contribution in [0.5, 0.6) is 0 Å². The van der Waals surface area contributed by atoms with Crippen LogP contribution in [0.15, 0.2) is 30.3 Å². The van der Waals surface area contributed by atoms with Gasteiger partial charge in [-0.25, -0.2) is 14.1 Å². The fraction of sp³-hybridized carbons (Fsp3) is 0.375. The first-order valence-electron chi connectivity index (χ1n) is 7.48. The third-order valence-electron chi connectivity index (χ3n) is 4.51. The lowest BCUT2D eigenvalue weighted by Crippen LogP contribution is -2.12. The minimum absolute atomic E-state index is 0.0722. The van der Waals surface area contributed by atoms with Crippen molar-refractivity contribution in [2.45, 2.75) is 25.1 Å². The molecular weight excluding hydrogens is 301 g/mol. The Hall–Kier alpha value is -2.57. The van der Waals surface area contributed by atoms with E-state index < -0.39 is 29.8 Å². The number of aliphatic carboxylic acids is 1. The lowest BCUT2D eigenvalue weighted by Gasteiger charge is -2.11. The summed E-state index contributed by atoms with van der Waals surface area (Å²) in [5, 5.41) is 13.1. The number of nitrogens with zero attached hydrogens (tertiary/aromatic N) is 3. The van der Waals surface area contributed by atoms with Crippen molar-refractivity contribution >= 4 is 11.8 Å². The van der Waals surface area contributed by atoms with E-state index >= 15 is 0 Å². The molecule has 0 amide bonds. The summed E-state index contributed by atoms with van der Waals surface area (Å²) in [5.74, 6) is -2.55. The molecule has 2 unspecified atom stereocenters. The molecule has 1 fully saturated rings. The van der Waals surface area contributed by atoms with Crippen LogP contribution in [0, 0.1) is 11.8 Å². The Labute approximate surface area is 131 Å². The van der Waals surface area contributed by atoms with Gasteiger partial charge in [0.15, 0.2) is 12.0 Å². The number of ketones is 1. The van der Waals surface area contributed by atoms with Gasteiger partial charge in [0, 0.05) is 12.3 Å². The predicted octanol–water partition coefficient (Wildman–Crippen LogP) is 2.19. The van der Waals surface area contributed by atoms with Crippen LogP contribution >= 0.6 is 0 Å². The van der Waals surface area contributed by atoms with Gasteiger partial charge >= 0.3 is 5.97 Å². The fourth-order valence-corrected chi connectivity index (χ4v) is 3.16. The minimum atomic E-state index is -1.27. The maximum atomic E-state index is 14.2. The van der Waals surface area contributed by atoms with Gasteiger partial charge in [-0.05, 0) is 12.0 Å². The molecule has 1 aromatic carbocycles. The summed E-state index contributed by atoms with van der Waals surface area (Å²) in [4.78, 5) is 27.2. The van der Waals surface area contributed by atoms with Crippen molar-refractivity contribution in [1.82, 2.24) is 14.8 Å². The number of rotatable bonds is 4. The Morgan fingerprint density at radius 2 is 1.91 bits per heavy atom. The van der Waals surface area contributed by atoms with Gasteiger partial charge in [-0.1, -0.05) is 30.3 Å². The first kappa shape index (κ1) is 14.0. The molecule has 23 heavy (non-hydrogen) atoms. The first-order chi connectivity index (χ1) is 11.1. The van der Waals surface area contributed by atoms with Crippen LogP contribution < -0.4 is 0 Å². The maximum absolute atomic E-state index is 14.2. The van der Waals surface area contributed by atoms with Crippen LogP contribution in [0.1, 0.15) is 47.1 Å². The van der Waals surface area contributed by atoms with E-state index in [1.807, 2.05) is 30.3 Å². The largest absolute Gasteiger partial charge is 0.481 e. The Morgan fingerprint density at radius 1 is 1.17 bits per heavy atom. The molecule has 1 aromatic heterocycles.